The minimum Gasteiger partial charge on any atom is -0.493 e. The van der Waals surface area contributed by atoms with E-state index in [1.807, 2.05) is 0 Å². The predicted molar refractivity (Wildman–Crippen MR) is 76.8 cm³/mol. The SMILES string of the molecule is Cc1cc([N+](=O)[O-])ccc1OCCCCCS(=O)(=O)Cl. The first-order valence-corrected chi connectivity index (χ1v) is 8.57. The van der Waals surface area contributed by atoms with Crippen molar-refractivity contribution in [1.29, 1.82) is 0 Å². The maximum Gasteiger partial charge on any atom is 0.269 e. The molecule has 0 bridgehead atoms. The van der Waals surface area contributed by atoms with Crippen LogP contribution in [0, 0.1) is 17.0 Å². The number of halogens is 1. The van der Waals surface area contributed by atoms with Gasteiger partial charge >= 0.3 is 0 Å². The number of rotatable bonds is 8. The first-order chi connectivity index (χ1) is 9.29. The van der Waals surface area contributed by atoms with Crippen LogP contribution in [0.2, 0.25) is 0 Å². The highest BCUT2D eigenvalue weighted by atomic mass is 35.7. The Morgan fingerprint density at radius 1 is 1.30 bits per heavy atom. The molecule has 0 saturated carbocycles. The van der Waals surface area contributed by atoms with Crippen molar-refractivity contribution in [3.05, 3.63) is 33.9 Å². The third kappa shape index (κ3) is 6.21. The summed E-state index contributed by atoms with van der Waals surface area (Å²) < 4.78 is 26.9. The van der Waals surface area contributed by atoms with Gasteiger partial charge in [0, 0.05) is 22.8 Å². The molecule has 0 aliphatic heterocycles. The zero-order valence-electron chi connectivity index (χ0n) is 11.0. The molecule has 1 aromatic carbocycles. The summed E-state index contributed by atoms with van der Waals surface area (Å²) in [6.45, 7) is 2.17. The molecule has 8 heteroatoms. The lowest BCUT2D eigenvalue weighted by Gasteiger charge is -2.08. The van der Waals surface area contributed by atoms with Crippen LogP contribution in [0.25, 0.3) is 0 Å². The minimum absolute atomic E-state index is 0.0298. The van der Waals surface area contributed by atoms with Crippen molar-refractivity contribution in [2.75, 3.05) is 12.4 Å². The Kier molecular flexibility index (Phi) is 6.22. The average molecular weight is 322 g/mol. The van der Waals surface area contributed by atoms with Crippen LogP contribution in [-0.4, -0.2) is 25.7 Å². The summed E-state index contributed by atoms with van der Waals surface area (Å²) in [5.74, 6) is 0.561. The second-order valence-electron chi connectivity index (χ2n) is 4.36. The predicted octanol–water partition coefficient (Wildman–Crippen LogP) is 3.02. The van der Waals surface area contributed by atoms with Gasteiger partial charge in [0.1, 0.15) is 5.75 Å². The van der Waals surface area contributed by atoms with Crippen LogP contribution in [0.1, 0.15) is 24.8 Å². The van der Waals surface area contributed by atoms with Crippen molar-refractivity contribution in [1.82, 2.24) is 0 Å². The maximum absolute atomic E-state index is 10.7. The van der Waals surface area contributed by atoms with Crippen LogP contribution in [0.15, 0.2) is 18.2 Å². The molecule has 20 heavy (non-hydrogen) atoms. The number of nitro groups is 1. The Hall–Kier alpha value is -1.34. The number of ether oxygens (including phenoxy) is 1. The van der Waals surface area contributed by atoms with E-state index in [1.165, 1.54) is 12.1 Å². The zero-order chi connectivity index (χ0) is 15.2. The zero-order valence-corrected chi connectivity index (χ0v) is 12.6. The summed E-state index contributed by atoms with van der Waals surface area (Å²) in [5, 5.41) is 10.6. The highest BCUT2D eigenvalue weighted by Gasteiger charge is 2.09. The minimum atomic E-state index is -3.42. The Labute approximate surface area is 122 Å². The average Bonchev–Trinajstić information content (AvgIpc) is 2.33. The molecule has 0 radical (unpaired) electrons. The van der Waals surface area contributed by atoms with E-state index in [2.05, 4.69) is 0 Å². The molecule has 0 aromatic heterocycles. The summed E-state index contributed by atoms with van der Waals surface area (Å²) in [7, 11) is 1.67. The maximum atomic E-state index is 10.7. The third-order valence-electron chi connectivity index (χ3n) is 2.66. The van der Waals surface area contributed by atoms with Gasteiger partial charge in [-0.15, -0.1) is 0 Å². The van der Waals surface area contributed by atoms with Gasteiger partial charge in [0.2, 0.25) is 9.05 Å². The molecule has 0 saturated heterocycles. The lowest BCUT2D eigenvalue weighted by Crippen LogP contribution is -2.02. The van der Waals surface area contributed by atoms with E-state index in [0.717, 1.165) is 0 Å². The van der Waals surface area contributed by atoms with E-state index < -0.39 is 14.0 Å². The molecule has 0 aliphatic rings. The van der Waals surface area contributed by atoms with Gasteiger partial charge in [-0.25, -0.2) is 8.42 Å². The molecule has 6 nitrogen and oxygen atoms in total. The number of non-ortho nitro benzene ring substituents is 1. The summed E-state index contributed by atoms with van der Waals surface area (Å²) in [6, 6.07) is 4.41. The Bertz CT molecular complexity index is 573. The van der Waals surface area contributed by atoms with Crippen LogP contribution >= 0.6 is 10.7 Å². The molecule has 1 aromatic rings. The second-order valence-corrected chi connectivity index (χ2v) is 7.26. The third-order valence-corrected chi connectivity index (χ3v) is 3.90. The highest BCUT2D eigenvalue weighted by Crippen LogP contribution is 2.23. The number of aryl methyl sites for hydroxylation is 1. The fourth-order valence-corrected chi connectivity index (χ4v) is 2.52. The molecular weight excluding hydrogens is 306 g/mol. The topological polar surface area (TPSA) is 86.5 Å². The lowest BCUT2D eigenvalue weighted by atomic mass is 10.2. The van der Waals surface area contributed by atoms with Gasteiger partial charge in [0.05, 0.1) is 17.3 Å². The number of nitro benzene ring substituents is 1. The van der Waals surface area contributed by atoms with Crippen LogP contribution in [0.5, 0.6) is 5.75 Å². The van der Waals surface area contributed by atoms with Crippen molar-refractivity contribution in [2.24, 2.45) is 0 Å². The largest absolute Gasteiger partial charge is 0.493 e. The van der Waals surface area contributed by atoms with E-state index in [1.54, 1.807) is 13.0 Å². The first kappa shape index (κ1) is 16.7. The summed E-state index contributed by atoms with van der Waals surface area (Å²) in [6.07, 6.45) is 1.88. The van der Waals surface area contributed by atoms with E-state index in [0.29, 0.717) is 37.2 Å². The van der Waals surface area contributed by atoms with Gasteiger partial charge in [0.25, 0.3) is 5.69 Å². The van der Waals surface area contributed by atoms with Gasteiger partial charge in [0.15, 0.2) is 0 Å². The van der Waals surface area contributed by atoms with Crippen molar-refractivity contribution < 1.29 is 18.1 Å². The molecule has 112 valence electrons. The van der Waals surface area contributed by atoms with Crippen LogP contribution < -0.4 is 4.74 Å². The fourth-order valence-electron chi connectivity index (χ4n) is 1.64. The lowest BCUT2D eigenvalue weighted by molar-refractivity contribution is -0.384. The molecule has 0 heterocycles. The summed E-state index contributed by atoms with van der Waals surface area (Å²) in [4.78, 5) is 10.1. The van der Waals surface area contributed by atoms with Crippen molar-refractivity contribution >= 4 is 25.4 Å². The number of unbranched alkanes of at least 4 members (excludes halogenated alkanes) is 2. The van der Waals surface area contributed by atoms with Crippen molar-refractivity contribution in [3.8, 4) is 5.75 Å². The number of benzene rings is 1. The first-order valence-electron chi connectivity index (χ1n) is 6.10. The van der Waals surface area contributed by atoms with E-state index in [-0.39, 0.29) is 11.4 Å². The van der Waals surface area contributed by atoms with E-state index in [4.69, 9.17) is 15.4 Å². The molecule has 0 aliphatic carbocycles. The van der Waals surface area contributed by atoms with Gasteiger partial charge in [-0.3, -0.25) is 10.1 Å². The molecule has 0 N–H and O–H groups in total. The van der Waals surface area contributed by atoms with Crippen molar-refractivity contribution in [2.45, 2.75) is 26.2 Å². The van der Waals surface area contributed by atoms with Gasteiger partial charge < -0.3 is 4.74 Å². The number of hydrogen-bond acceptors (Lipinski definition) is 5. The normalized spacial score (nSPS) is 11.3. The van der Waals surface area contributed by atoms with Gasteiger partial charge in [-0.05, 0) is 37.8 Å². The van der Waals surface area contributed by atoms with Crippen LogP contribution in [0.3, 0.4) is 0 Å². The Morgan fingerprint density at radius 3 is 2.55 bits per heavy atom. The smallest absolute Gasteiger partial charge is 0.269 e. The summed E-state index contributed by atoms with van der Waals surface area (Å²) in [5.41, 5.74) is 0.727. The Morgan fingerprint density at radius 2 is 2.00 bits per heavy atom. The van der Waals surface area contributed by atoms with E-state index >= 15 is 0 Å². The fraction of sp³-hybridized carbons (Fsp3) is 0.500. The standard InChI is InChI=1S/C12H16ClNO5S/c1-10-9-11(14(15)16)5-6-12(10)19-7-3-2-4-8-20(13,17)18/h5-6,9H,2-4,7-8H2,1H3. The molecule has 0 atom stereocenters. The Balaban J connectivity index is 2.34. The van der Waals surface area contributed by atoms with E-state index in [9.17, 15) is 18.5 Å². The quantitative estimate of drug-likeness (QED) is 0.318. The molecule has 1 rings (SSSR count). The molecule has 0 fully saturated rings. The molecule has 0 amide bonds. The monoisotopic (exact) mass is 321 g/mol. The highest BCUT2D eigenvalue weighted by molar-refractivity contribution is 8.13. The second kappa shape index (κ2) is 7.44. The van der Waals surface area contributed by atoms with Gasteiger partial charge in [-0.2, -0.15) is 0 Å². The summed E-state index contributed by atoms with van der Waals surface area (Å²) >= 11 is 0. The van der Waals surface area contributed by atoms with Crippen molar-refractivity contribution in [3.63, 3.8) is 0 Å². The molecule has 0 spiro atoms. The molecular formula is C12H16ClNO5S. The molecule has 0 unspecified atom stereocenters. The van der Waals surface area contributed by atoms with Crippen LogP contribution in [-0.2, 0) is 9.05 Å². The number of hydrogen-bond donors (Lipinski definition) is 0. The van der Waals surface area contributed by atoms with Crippen LogP contribution in [0.4, 0.5) is 5.69 Å². The number of nitrogens with zero attached hydrogens (tertiary/aromatic N) is 1. The van der Waals surface area contributed by atoms with Gasteiger partial charge in [-0.1, -0.05) is 0 Å².